The van der Waals surface area contributed by atoms with Crippen LogP contribution in [0.15, 0.2) is 24.3 Å². The molecule has 0 aromatic heterocycles. The molecule has 42 heavy (non-hydrogen) atoms. The van der Waals surface area contributed by atoms with Crippen molar-refractivity contribution < 1.29 is 37.3 Å². The van der Waals surface area contributed by atoms with Crippen LogP contribution in [-0.2, 0) is 27.9 Å². The topological polar surface area (TPSA) is 91.3 Å². The van der Waals surface area contributed by atoms with Crippen LogP contribution in [0.25, 0.3) is 0 Å². The minimum absolute atomic E-state index is 0.0865. The van der Waals surface area contributed by atoms with Gasteiger partial charge in [-0.05, 0) is 38.5 Å². The van der Waals surface area contributed by atoms with Gasteiger partial charge in [0.05, 0.1) is 34.4 Å². The van der Waals surface area contributed by atoms with Gasteiger partial charge in [-0.3, -0.25) is 13.8 Å². The summed E-state index contributed by atoms with van der Waals surface area (Å²) in [5.41, 5.74) is 0. The van der Waals surface area contributed by atoms with Crippen molar-refractivity contribution in [2.24, 2.45) is 0 Å². The molecule has 0 saturated carbocycles. The quantitative estimate of drug-likeness (QED) is 0.0284. The van der Waals surface area contributed by atoms with Crippen molar-refractivity contribution in [2.45, 2.75) is 129 Å². The van der Waals surface area contributed by atoms with E-state index in [-0.39, 0.29) is 25.8 Å². The lowest BCUT2D eigenvalue weighted by Crippen LogP contribution is -2.37. The second-order valence-corrected chi connectivity index (χ2v) is 13.6. The molecule has 0 aromatic rings. The Bertz CT molecular complexity index is 736. The summed E-state index contributed by atoms with van der Waals surface area (Å²) < 4.78 is 34.6. The standard InChI is InChI=1S/C33H64NO7P/c1-6-8-10-12-14-15-16-17-18-19-20-22-24-26-33(35)41-32(30-38-28-25-23-21-13-11-9-7-2)31-40-42(36,37)39-29-27-34(3,4)5/h10,12,15-16,32H,6-9,11,13-14,17-31H2,1-5H3/p+1/b12-10-,16-15-. The number of phosphoric acid groups is 1. The highest BCUT2D eigenvalue weighted by Crippen LogP contribution is 2.43. The maximum absolute atomic E-state index is 12.5. The lowest BCUT2D eigenvalue weighted by molar-refractivity contribution is -0.870. The molecule has 9 heteroatoms. The van der Waals surface area contributed by atoms with Crippen molar-refractivity contribution in [1.82, 2.24) is 0 Å². The average molecular weight is 619 g/mol. The van der Waals surface area contributed by atoms with Gasteiger partial charge in [0.25, 0.3) is 0 Å². The first-order valence-corrected chi connectivity index (χ1v) is 18.1. The number of unbranched alkanes of at least 4 members (excludes halogenated alkanes) is 12. The molecule has 2 unspecified atom stereocenters. The maximum Gasteiger partial charge on any atom is 0.472 e. The first kappa shape index (κ1) is 41.0. The van der Waals surface area contributed by atoms with Crippen molar-refractivity contribution in [3.05, 3.63) is 24.3 Å². The molecule has 0 amide bonds. The highest BCUT2D eigenvalue weighted by molar-refractivity contribution is 7.47. The number of nitrogens with zero attached hydrogens (tertiary/aromatic N) is 1. The van der Waals surface area contributed by atoms with Gasteiger partial charge in [0.2, 0.25) is 0 Å². The lowest BCUT2D eigenvalue weighted by Gasteiger charge is -2.24. The van der Waals surface area contributed by atoms with E-state index in [2.05, 4.69) is 38.2 Å². The minimum atomic E-state index is -4.26. The number of allylic oxidation sites excluding steroid dienone is 4. The van der Waals surface area contributed by atoms with Gasteiger partial charge in [-0.25, -0.2) is 4.57 Å². The number of phosphoric ester groups is 1. The summed E-state index contributed by atoms with van der Waals surface area (Å²) in [5, 5.41) is 0. The number of ether oxygens (including phenoxy) is 2. The van der Waals surface area contributed by atoms with Gasteiger partial charge in [-0.2, -0.15) is 0 Å². The first-order valence-electron chi connectivity index (χ1n) is 16.6. The van der Waals surface area contributed by atoms with Crippen molar-refractivity contribution in [3.8, 4) is 0 Å². The molecule has 0 bridgehead atoms. The monoisotopic (exact) mass is 618 g/mol. The second kappa shape index (κ2) is 27.5. The third-order valence-electron chi connectivity index (χ3n) is 6.75. The van der Waals surface area contributed by atoms with E-state index in [0.717, 1.165) is 64.2 Å². The molecule has 0 heterocycles. The van der Waals surface area contributed by atoms with Crippen molar-refractivity contribution in [1.29, 1.82) is 0 Å². The number of quaternary nitrogens is 1. The fourth-order valence-corrected chi connectivity index (χ4v) is 4.86. The van der Waals surface area contributed by atoms with Gasteiger partial charge < -0.3 is 18.9 Å². The van der Waals surface area contributed by atoms with E-state index in [1.54, 1.807) is 0 Å². The molecule has 1 N–H and O–H groups in total. The number of carbonyl (C=O) groups excluding carboxylic acids is 1. The summed E-state index contributed by atoms with van der Waals surface area (Å²) in [4.78, 5) is 22.6. The van der Waals surface area contributed by atoms with Gasteiger partial charge in [0.15, 0.2) is 0 Å². The van der Waals surface area contributed by atoms with Crippen LogP contribution in [0.2, 0.25) is 0 Å². The molecule has 2 atom stereocenters. The molecule has 0 rings (SSSR count). The smallest absolute Gasteiger partial charge is 0.457 e. The summed E-state index contributed by atoms with van der Waals surface area (Å²) >= 11 is 0. The summed E-state index contributed by atoms with van der Waals surface area (Å²) in [6, 6.07) is 0. The van der Waals surface area contributed by atoms with Crippen LogP contribution in [0.4, 0.5) is 0 Å². The lowest BCUT2D eigenvalue weighted by atomic mass is 10.1. The molecule has 0 aliphatic carbocycles. The fraction of sp³-hybridized carbons (Fsp3) is 0.848. The molecule has 0 aliphatic rings. The van der Waals surface area contributed by atoms with Crippen LogP contribution < -0.4 is 0 Å². The SMILES string of the molecule is CCC/C=C\C/C=C\CCCCCCCC(=O)OC(COCCCCCCCCC)COP(=O)(O)OCC[N+](C)(C)C. The van der Waals surface area contributed by atoms with Crippen LogP contribution in [0.3, 0.4) is 0 Å². The summed E-state index contributed by atoms with van der Waals surface area (Å²) in [5.74, 6) is -0.332. The minimum Gasteiger partial charge on any atom is -0.457 e. The number of hydrogen-bond acceptors (Lipinski definition) is 6. The van der Waals surface area contributed by atoms with E-state index in [4.69, 9.17) is 18.5 Å². The van der Waals surface area contributed by atoms with Gasteiger partial charge in [0, 0.05) is 13.0 Å². The van der Waals surface area contributed by atoms with E-state index in [1.165, 1.54) is 38.5 Å². The number of hydrogen-bond donors (Lipinski definition) is 1. The molecule has 8 nitrogen and oxygen atoms in total. The highest BCUT2D eigenvalue weighted by atomic mass is 31.2. The molecule has 248 valence electrons. The fourth-order valence-electron chi connectivity index (χ4n) is 4.12. The van der Waals surface area contributed by atoms with Crippen LogP contribution in [0.5, 0.6) is 0 Å². The Kier molecular flexibility index (Phi) is 26.9. The van der Waals surface area contributed by atoms with E-state index in [0.29, 0.717) is 24.1 Å². The van der Waals surface area contributed by atoms with Gasteiger partial charge in [-0.1, -0.05) is 102 Å². The average Bonchev–Trinajstić information content (AvgIpc) is 2.92. The number of carbonyl (C=O) groups is 1. The Labute approximate surface area is 258 Å². The molecule has 0 aromatic carbocycles. The number of rotatable bonds is 30. The van der Waals surface area contributed by atoms with Crippen molar-refractivity contribution in [3.63, 3.8) is 0 Å². The third-order valence-corrected chi connectivity index (χ3v) is 7.73. The van der Waals surface area contributed by atoms with E-state index < -0.39 is 13.9 Å². The van der Waals surface area contributed by atoms with Gasteiger partial charge in [-0.15, -0.1) is 0 Å². The number of esters is 1. The van der Waals surface area contributed by atoms with Gasteiger partial charge >= 0.3 is 13.8 Å². The molecule has 0 spiro atoms. The molecular weight excluding hydrogens is 553 g/mol. The summed E-state index contributed by atoms with van der Waals surface area (Å²) in [7, 11) is 1.65. The zero-order valence-electron chi connectivity index (χ0n) is 27.7. The second-order valence-electron chi connectivity index (χ2n) is 12.2. The highest BCUT2D eigenvalue weighted by Gasteiger charge is 2.26. The van der Waals surface area contributed by atoms with Gasteiger partial charge in [0.1, 0.15) is 19.3 Å². The Morgan fingerprint density at radius 2 is 1.36 bits per heavy atom. The van der Waals surface area contributed by atoms with Crippen molar-refractivity contribution >= 4 is 13.8 Å². The molecule has 0 aliphatic heterocycles. The van der Waals surface area contributed by atoms with E-state index in [9.17, 15) is 14.3 Å². The predicted molar refractivity (Wildman–Crippen MR) is 173 cm³/mol. The van der Waals surface area contributed by atoms with E-state index in [1.807, 2.05) is 21.1 Å². The molecular formula is C33H65NO7P+. The zero-order valence-corrected chi connectivity index (χ0v) is 28.6. The molecule has 0 saturated heterocycles. The molecule has 0 fully saturated rings. The largest absolute Gasteiger partial charge is 0.472 e. The summed E-state index contributed by atoms with van der Waals surface area (Å²) in [6.45, 7) is 5.48. The van der Waals surface area contributed by atoms with E-state index >= 15 is 0 Å². The third kappa shape index (κ3) is 30.4. The van der Waals surface area contributed by atoms with Crippen LogP contribution in [0, 0.1) is 0 Å². The van der Waals surface area contributed by atoms with Crippen LogP contribution >= 0.6 is 7.82 Å². The summed E-state index contributed by atoms with van der Waals surface area (Å²) in [6.07, 6.45) is 26.4. The number of likely N-dealkylation sites (N-methyl/N-ethyl adjacent to an activating group) is 1. The molecule has 0 radical (unpaired) electrons. The first-order chi connectivity index (χ1) is 20.1. The van der Waals surface area contributed by atoms with Crippen molar-refractivity contribution in [2.75, 3.05) is 54.1 Å². The van der Waals surface area contributed by atoms with Crippen LogP contribution in [0.1, 0.15) is 123 Å². The Morgan fingerprint density at radius 3 is 2.02 bits per heavy atom. The maximum atomic E-state index is 12.5. The Hall–Kier alpha value is -1.02. The predicted octanol–water partition coefficient (Wildman–Crippen LogP) is 8.54. The zero-order chi connectivity index (χ0) is 31.4. The normalized spacial score (nSPS) is 14.5. The van der Waals surface area contributed by atoms with Crippen LogP contribution in [-0.4, -0.2) is 75.6 Å². The Morgan fingerprint density at radius 1 is 0.738 bits per heavy atom. The Balaban J connectivity index is 4.36.